The standard InChI is InChI=1S/C6H6N4O/c11-5-2-8-6-4(10-5)1-7-3-9-6/h1-2,6,9H,3H2. The van der Waals surface area contributed by atoms with Crippen molar-refractivity contribution in [2.45, 2.75) is 6.17 Å². The molecule has 0 aromatic rings. The molecule has 1 N–H and O–H groups in total. The topological polar surface area (TPSA) is 66.2 Å². The molecule has 5 nitrogen and oxygen atoms in total. The smallest absolute Gasteiger partial charge is 0.276 e. The Hall–Kier alpha value is -1.36. The quantitative estimate of drug-likeness (QED) is 0.481. The van der Waals surface area contributed by atoms with Crippen LogP contribution in [0.1, 0.15) is 0 Å². The van der Waals surface area contributed by atoms with E-state index in [9.17, 15) is 4.79 Å². The Kier molecular flexibility index (Phi) is 1.36. The first-order valence-corrected chi connectivity index (χ1v) is 3.25. The summed E-state index contributed by atoms with van der Waals surface area (Å²) in [5, 5.41) is 2.96. The van der Waals surface area contributed by atoms with Gasteiger partial charge in [0.05, 0.1) is 12.9 Å². The molecule has 1 amide bonds. The molecule has 1 unspecified atom stereocenters. The second-order valence-corrected chi connectivity index (χ2v) is 2.23. The minimum Gasteiger partial charge on any atom is -0.276 e. The third-order valence-electron chi connectivity index (χ3n) is 1.45. The highest BCUT2D eigenvalue weighted by atomic mass is 16.1. The molecule has 0 aromatic heterocycles. The van der Waals surface area contributed by atoms with Crippen molar-refractivity contribution >= 4 is 24.0 Å². The van der Waals surface area contributed by atoms with Gasteiger partial charge in [-0.1, -0.05) is 0 Å². The number of hydrogen-bond acceptors (Lipinski definition) is 4. The number of fused-ring (bicyclic) bond motifs is 1. The van der Waals surface area contributed by atoms with E-state index in [-0.39, 0.29) is 12.1 Å². The number of carbonyl (C=O) groups excluding carboxylic acids is 1. The molecular formula is C6H6N4O. The van der Waals surface area contributed by atoms with Gasteiger partial charge >= 0.3 is 0 Å². The van der Waals surface area contributed by atoms with Crippen molar-refractivity contribution in [3.05, 3.63) is 0 Å². The van der Waals surface area contributed by atoms with E-state index in [1.807, 2.05) is 0 Å². The highest BCUT2D eigenvalue weighted by molar-refractivity contribution is 6.42. The summed E-state index contributed by atoms with van der Waals surface area (Å²) in [6, 6.07) is 0. The van der Waals surface area contributed by atoms with Gasteiger partial charge in [-0.3, -0.25) is 20.1 Å². The number of amides is 1. The highest BCUT2D eigenvalue weighted by Gasteiger charge is 2.19. The molecule has 0 saturated heterocycles. The Bertz CT molecular complexity index is 278. The molecule has 0 saturated carbocycles. The summed E-state index contributed by atoms with van der Waals surface area (Å²) in [7, 11) is 0. The molecule has 11 heavy (non-hydrogen) atoms. The lowest BCUT2D eigenvalue weighted by Gasteiger charge is -2.18. The average Bonchev–Trinajstić information content (AvgIpc) is 2.04. The molecule has 56 valence electrons. The molecule has 0 radical (unpaired) electrons. The molecule has 1 atom stereocenters. The maximum atomic E-state index is 10.7. The van der Waals surface area contributed by atoms with Crippen LogP contribution in [0.25, 0.3) is 0 Å². The van der Waals surface area contributed by atoms with Crippen LogP contribution in [0.4, 0.5) is 0 Å². The van der Waals surface area contributed by atoms with Crippen LogP contribution in [0.2, 0.25) is 0 Å². The molecule has 0 bridgehead atoms. The van der Waals surface area contributed by atoms with E-state index in [1.54, 1.807) is 6.21 Å². The first kappa shape index (κ1) is 6.36. The van der Waals surface area contributed by atoms with Gasteiger partial charge in [0.1, 0.15) is 11.9 Å². The maximum absolute atomic E-state index is 10.7. The molecule has 2 heterocycles. The van der Waals surface area contributed by atoms with Crippen LogP contribution < -0.4 is 5.32 Å². The van der Waals surface area contributed by atoms with Gasteiger partial charge in [-0.2, -0.15) is 0 Å². The minimum atomic E-state index is -0.314. The molecule has 2 aliphatic heterocycles. The van der Waals surface area contributed by atoms with Crippen LogP contribution in [-0.2, 0) is 4.79 Å². The number of carbonyl (C=O) groups is 1. The Balaban J connectivity index is 2.33. The summed E-state index contributed by atoms with van der Waals surface area (Å²) in [5.74, 6) is -0.314. The van der Waals surface area contributed by atoms with Gasteiger partial charge in [-0.05, 0) is 0 Å². The van der Waals surface area contributed by atoms with E-state index in [0.29, 0.717) is 12.4 Å². The summed E-state index contributed by atoms with van der Waals surface area (Å²) >= 11 is 0. The van der Waals surface area contributed by atoms with Gasteiger partial charge in [-0.15, -0.1) is 0 Å². The second kappa shape index (κ2) is 2.35. The van der Waals surface area contributed by atoms with Gasteiger partial charge in [0, 0.05) is 6.21 Å². The van der Waals surface area contributed by atoms with Crippen LogP contribution in [0.3, 0.4) is 0 Å². The third-order valence-corrected chi connectivity index (χ3v) is 1.45. The molecule has 0 aliphatic carbocycles. The van der Waals surface area contributed by atoms with Gasteiger partial charge in [0.2, 0.25) is 0 Å². The number of hydrogen-bond donors (Lipinski definition) is 1. The highest BCUT2D eigenvalue weighted by Crippen LogP contribution is 1.99. The van der Waals surface area contributed by atoms with Gasteiger partial charge in [0.25, 0.3) is 5.91 Å². The summed E-state index contributed by atoms with van der Waals surface area (Å²) in [6.07, 6.45) is 2.64. The van der Waals surface area contributed by atoms with E-state index < -0.39 is 0 Å². The predicted molar refractivity (Wildman–Crippen MR) is 41.2 cm³/mol. The van der Waals surface area contributed by atoms with Crippen LogP contribution in [-0.4, -0.2) is 36.9 Å². The SMILES string of the molecule is O=C1C=NC2NCN=CC2=N1. The van der Waals surface area contributed by atoms with E-state index in [4.69, 9.17) is 0 Å². The number of nitrogens with zero attached hydrogens (tertiary/aromatic N) is 3. The van der Waals surface area contributed by atoms with Crippen molar-refractivity contribution in [3.8, 4) is 0 Å². The van der Waals surface area contributed by atoms with Crippen molar-refractivity contribution in [3.63, 3.8) is 0 Å². The Morgan fingerprint density at radius 3 is 3.36 bits per heavy atom. The van der Waals surface area contributed by atoms with Crippen LogP contribution >= 0.6 is 0 Å². The Morgan fingerprint density at radius 2 is 2.45 bits per heavy atom. The number of aliphatic imine (C=N–C) groups is 3. The van der Waals surface area contributed by atoms with Crippen LogP contribution in [0.5, 0.6) is 0 Å². The van der Waals surface area contributed by atoms with E-state index in [1.165, 1.54) is 6.21 Å². The van der Waals surface area contributed by atoms with Crippen molar-refractivity contribution in [2.24, 2.45) is 15.0 Å². The van der Waals surface area contributed by atoms with E-state index in [0.717, 1.165) is 0 Å². The van der Waals surface area contributed by atoms with Crippen molar-refractivity contribution in [2.75, 3.05) is 6.67 Å². The molecule has 5 heteroatoms. The predicted octanol–water partition coefficient (Wildman–Crippen LogP) is -1.00. The fraction of sp³-hybridized carbons (Fsp3) is 0.333. The first-order chi connectivity index (χ1) is 5.36. The van der Waals surface area contributed by atoms with E-state index >= 15 is 0 Å². The Morgan fingerprint density at radius 1 is 1.55 bits per heavy atom. The Labute approximate surface area is 62.9 Å². The summed E-state index contributed by atoms with van der Waals surface area (Å²) in [6.45, 7) is 0.537. The lowest BCUT2D eigenvalue weighted by atomic mass is 10.2. The molecule has 2 aliphatic rings. The largest absolute Gasteiger partial charge is 0.288 e. The lowest BCUT2D eigenvalue weighted by molar-refractivity contribution is -0.111. The van der Waals surface area contributed by atoms with Crippen molar-refractivity contribution in [1.82, 2.24) is 5.32 Å². The monoisotopic (exact) mass is 150 g/mol. The molecule has 0 aromatic carbocycles. The van der Waals surface area contributed by atoms with Gasteiger partial charge < -0.3 is 0 Å². The summed E-state index contributed by atoms with van der Waals surface area (Å²) in [4.78, 5) is 22.2. The average molecular weight is 150 g/mol. The van der Waals surface area contributed by atoms with Crippen LogP contribution in [0, 0.1) is 0 Å². The number of rotatable bonds is 0. The summed E-state index contributed by atoms with van der Waals surface area (Å²) < 4.78 is 0. The fourth-order valence-electron chi connectivity index (χ4n) is 0.967. The first-order valence-electron chi connectivity index (χ1n) is 3.25. The minimum absolute atomic E-state index is 0.162. The number of nitrogens with one attached hydrogen (secondary N) is 1. The molecular weight excluding hydrogens is 144 g/mol. The van der Waals surface area contributed by atoms with Crippen molar-refractivity contribution < 1.29 is 4.79 Å². The third kappa shape index (κ3) is 1.10. The maximum Gasteiger partial charge on any atom is 0.288 e. The second-order valence-electron chi connectivity index (χ2n) is 2.23. The van der Waals surface area contributed by atoms with Crippen LogP contribution in [0.15, 0.2) is 15.0 Å². The fourth-order valence-corrected chi connectivity index (χ4v) is 0.967. The zero-order chi connectivity index (χ0) is 7.68. The molecule has 0 spiro atoms. The van der Waals surface area contributed by atoms with E-state index in [2.05, 4.69) is 20.3 Å². The zero-order valence-corrected chi connectivity index (χ0v) is 5.69. The normalized spacial score (nSPS) is 28.2. The summed E-state index contributed by atoms with van der Waals surface area (Å²) in [5.41, 5.74) is 0.601. The zero-order valence-electron chi connectivity index (χ0n) is 5.69. The van der Waals surface area contributed by atoms with Gasteiger partial charge in [0.15, 0.2) is 0 Å². The molecule has 0 fully saturated rings. The molecule has 2 rings (SSSR count). The van der Waals surface area contributed by atoms with Crippen molar-refractivity contribution in [1.29, 1.82) is 0 Å². The van der Waals surface area contributed by atoms with Gasteiger partial charge in [-0.25, -0.2) is 4.99 Å². The lowest BCUT2D eigenvalue weighted by Crippen LogP contribution is -2.42.